The van der Waals surface area contributed by atoms with E-state index in [9.17, 15) is 9.59 Å². The lowest BCUT2D eigenvalue weighted by atomic mass is 10.1. The number of carbonyl (C=O) groups is 2. The molecule has 1 unspecified atom stereocenters. The summed E-state index contributed by atoms with van der Waals surface area (Å²) in [6, 6.07) is 13.5. The van der Waals surface area contributed by atoms with Crippen LogP contribution in [0.25, 0.3) is 0 Å². The van der Waals surface area contributed by atoms with Gasteiger partial charge >= 0.3 is 5.97 Å². The third-order valence-corrected chi connectivity index (χ3v) is 3.80. The molecule has 1 amide bonds. The van der Waals surface area contributed by atoms with Crippen LogP contribution >= 0.6 is 0 Å². The minimum absolute atomic E-state index is 0.216. The third kappa shape index (κ3) is 5.22. The molecular weight excluding hydrogens is 348 g/mol. The number of nitrogens with one attached hydrogen (secondary N) is 1. The highest BCUT2D eigenvalue weighted by atomic mass is 16.5. The van der Waals surface area contributed by atoms with Crippen molar-refractivity contribution in [2.45, 2.75) is 19.6 Å². The van der Waals surface area contributed by atoms with E-state index in [0.29, 0.717) is 17.1 Å². The van der Waals surface area contributed by atoms with Crippen LogP contribution in [0.15, 0.2) is 42.5 Å². The van der Waals surface area contributed by atoms with Gasteiger partial charge in [0.2, 0.25) is 0 Å². The predicted octanol–water partition coefficient (Wildman–Crippen LogP) is 2.44. The number of hydrogen-bond donors (Lipinski definition) is 1. The second-order valence-electron chi connectivity index (χ2n) is 5.64. The van der Waals surface area contributed by atoms with Crippen LogP contribution in [0.4, 0.5) is 0 Å². The zero-order valence-corrected chi connectivity index (χ0v) is 15.3. The summed E-state index contributed by atoms with van der Waals surface area (Å²) in [5.41, 5.74) is 1.52. The van der Waals surface area contributed by atoms with E-state index in [-0.39, 0.29) is 18.0 Å². The molecule has 27 heavy (non-hydrogen) atoms. The largest absolute Gasteiger partial charge is 0.496 e. The first kappa shape index (κ1) is 19.8. The zero-order chi connectivity index (χ0) is 19.8. The molecule has 0 fully saturated rings. The number of carbonyl (C=O) groups excluding carboxylic acids is 2. The van der Waals surface area contributed by atoms with Gasteiger partial charge in [0.15, 0.2) is 6.10 Å². The summed E-state index contributed by atoms with van der Waals surface area (Å²) in [5, 5.41) is 11.5. The van der Waals surface area contributed by atoms with E-state index >= 15 is 0 Å². The monoisotopic (exact) mass is 368 g/mol. The molecule has 7 heteroatoms. The van der Waals surface area contributed by atoms with E-state index in [2.05, 4.69) is 5.32 Å². The van der Waals surface area contributed by atoms with Crippen molar-refractivity contribution in [3.8, 4) is 17.6 Å². The van der Waals surface area contributed by atoms with Crippen LogP contribution in [0.2, 0.25) is 0 Å². The van der Waals surface area contributed by atoms with E-state index in [1.165, 1.54) is 14.2 Å². The Morgan fingerprint density at radius 3 is 2.44 bits per heavy atom. The fraction of sp³-hybridized carbons (Fsp3) is 0.250. The smallest absolute Gasteiger partial charge is 0.341 e. The maximum atomic E-state index is 12.2. The van der Waals surface area contributed by atoms with Crippen LogP contribution in [-0.4, -0.2) is 32.2 Å². The van der Waals surface area contributed by atoms with Gasteiger partial charge < -0.3 is 19.5 Å². The van der Waals surface area contributed by atoms with E-state index in [4.69, 9.17) is 19.5 Å². The molecule has 1 atom stereocenters. The summed E-state index contributed by atoms with van der Waals surface area (Å²) in [6.45, 7) is 1.84. The van der Waals surface area contributed by atoms with E-state index < -0.39 is 12.1 Å². The first-order valence-corrected chi connectivity index (χ1v) is 8.18. The van der Waals surface area contributed by atoms with Crippen LogP contribution < -0.4 is 14.8 Å². The predicted molar refractivity (Wildman–Crippen MR) is 97.4 cm³/mol. The molecule has 0 aromatic heterocycles. The Hall–Kier alpha value is -3.53. The fourth-order valence-corrected chi connectivity index (χ4v) is 2.33. The number of methoxy groups -OCH3 is 2. The second-order valence-corrected chi connectivity index (χ2v) is 5.64. The summed E-state index contributed by atoms with van der Waals surface area (Å²) < 4.78 is 15.4. The molecule has 0 spiro atoms. The van der Waals surface area contributed by atoms with Gasteiger partial charge in [0, 0.05) is 6.54 Å². The molecule has 2 rings (SSSR count). The number of hydrogen-bond acceptors (Lipinski definition) is 6. The van der Waals surface area contributed by atoms with Crippen molar-refractivity contribution in [3.63, 3.8) is 0 Å². The lowest BCUT2D eigenvalue weighted by Crippen LogP contribution is -2.35. The van der Waals surface area contributed by atoms with Gasteiger partial charge in [-0.15, -0.1) is 0 Å². The number of benzene rings is 2. The topological polar surface area (TPSA) is 97.6 Å². The van der Waals surface area contributed by atoms with Crippen molar-refractivity contribution in [1.29, 1.82) is 5.26 Å². The van der Waals surface area contributed by atoms with Gasteiger partial charge in [0.25, 0.3) is 5.91 Å². The van der Waals surface area contributed by atoms with Crippen molar-refractivity contribution < 1.29 is 23.8 Å². The van der Waals surface area contributed by atoms with Crippen LogP contribution in [0.1, 0.15) is 28.4 Å². The molecule has 1 N–H and O–H groups in total. The maximum absolute atomic E-state index is 12.2. The molecule has 0 heterocycles. The molecule has 2 aromatic carbocycles. The molecular formula is C20H20N2O5. The molecule has 0 aliphatic rings. The van der Waals surface area contributed by atoms with Crippen molar-refractivity contribution in [3.05, 3.63) is 59.2 Å². The average molecular weight is 368 g/mol. The minimum Gasteiger partial charge on any atom is -0.496 e. The highest BCUT2D eigenvalue weighted by Gasteiger charge is 2.16. The molecule has 0 bridgehead atoms. The van der Waals surface area contributed by atoms with Gasteiger partial charge in [-0.05, 0) is 48.9 Å². The van der Waals surface area contributed by atoms with E-state index in [0.717, 1.165) is 5.56 Å². The first-order valence-electron chi connectivity index (χ1n) is 8.18. The molecule has 0 saturated heterocycles. The van der Waals surface area contributed by atoms with Crippen molar-refractivity contribution in [1.82, 2.24) is 5.32 Å². The fourth-order valence-electron chi connectivity index (χ4n) is 2.33. The summed E-state index contributed by atoms with van der Waals surface area (Å²) in [6.07, 6.45) is -0.726. The Bertz CT molecular complexity index is 856. The first-order chi connectivity index (χ1) is 13.0. The minimum atomic E-state index is -0.726. The molecule has 0 aliphatic carbocycles. The van der Waals surface area contributed by atoms with Gasteiger partial charge in [0.05, 0.1) is 25.9 Å². The van der Waals surface area contributed by atoms with Crippen molar-refractivity contribution in [2.75, 3.05) is 14.2 Å². The van der Waals surface area contributed by atoms with Crippen molar-refractivity contribution >= 4 is 11.9 Å². The second kappa shape index (κ2) is 9.25. The lowest BCUT2D eigenvalue weighted by molar-refractivity contribution is -0.127. The van der Waals surface area contributed by atoms with Crippen LogP contribution in [-0.2, 0) is 16.1 Å². The number of ether oxygens (including phenoxy) is 3. The van der Waals surface area contributed by atoms with Gasteiger partial charge in [-0.2, -0.15) is 5.26 Å². The van der Waals surface area contributed by atoms with E-state index in [1.807, 2.05) is 6.07 Å². The Balaban J connectivity index is 1.97. The van der Waals surface area contributed by atoms with Crippen LogP contribution in [0.5, 0.6) is 11.5 Å². The molecule has 140 valence electrons. The number of nitriles is 1. The standard InChI is InChI=1S/C20H20N2O5/c1-13(27-16-7-4-14(11-21)5-8-16)19(23)22-12-15-6-9-18(25-2)17(10-15)20(24)26-3/h4-10,13H,12H2,1-3H3,(H,22,23). The zero-order valence-electron chi connectivity index (χ0n) is 15.3. The Kier molecular flexibility index (Phi) is 6.78. The Morgan fingerprint density at radius 1 is 1.15 bits per heavy atom. The summed E-state index contributed by atoms with van der Waals surface area (Å²) in [4.78, 5) is 24.0. The van der Waals surface area contributed by atoms with E-state index in [1.54, 1.807) is 49.4 Å². The molecule has 0 aliphatic heterocycles. The lowest BCUT2D eigenvalue weighted by Gasteiger charge is -2.15. The maximum Gasteiger partial charge on any atom is 0.341 e. The Labute approximate surface area is 157 Å². The highest BCUT2D eigenvalue weighted by Crippen LogP contribution is 2.21. The van der Waals surface area contributed by atoms with Crippen molar-refractivity contribution in [2.24, 2.45) is 0 Å². The SMILES string of the molecule is COC(=O)c1cc(CNC(=O)C(C)Oc2ccc(C#N)cc2)ccc1OC. The molecule has 7 nitrogen and oxygen atoms in total. The summed E-state index contributed by atoms with van der Waals surface area (Å²) in [5.74, 6) is 0.0656. The van der Waals surface area contributed by atoms with Gasteiger partial charge in [-0.25, -0.2) is 4.79 Å². The van der Waals surface area contributed by atoms with Gasteiger partial charge in [-0.1, -0.05) is 6.07 Å². The third-order valence-electron chi connectivity index (χ3n) is 3.80. The molecule has 0 radical (unpaired) electrons. The van der Waals surface area contributed by atoms with Crippen LogP contribution in [0.3, 0.4) is 0 Å². The summed E-state index contributed by atoms with van der Waals surface area (Å²) in [7, 11) is 2.75. The van der Waals surface area contributed by atoms with Gasteiger partial charge in [0.1, 0.15) is 17.1 Å². The number of esters is 1. The number of nitrogens with zero attached hydrogens (tertiary/aromatic N) is 1. The summed E-state index contributed by atoms with van der Waals surface area (Å²) >= 11 is 0. The number of amides is 1. The number of rotatable bonds is 7. The molecule has 2 aromatic rings. The molecule has 0 saturated carbocycles. The highest BCUT2D eigenvalue weighted by molar-refractivity contribution is 5.92. The van der Waals surface area contributed by atoms with Crippen LogP contribution in [0, 0.1) is 11.3 Å². The quantitative estimate of drug-likeness (QED) is 0.754. The normalized spacial score (nSPS) is 11.0. The average Bonchev–Trinajstić information content (AvgIpc) is 2.71. The van der Waals surface area contributed by atoms with Gasteiger partial charge in [-0.3, -0.25) is 4.79 Å². The Morgan fingerprint density at radius 2 is 1.85 bits per heavy atom.